The van der Waals surface area contributed by atoms with Crippen LogP contribution >= 0.6 is 0 Å². The van der Waals surface area contributed by atoms with E-state index in [1.165, 1.54) is 24.7 Å². The van der Waals surface area contributed by atoms with Crippen molar-refractivity contribution in [3.8, 4) is 11.1 Å². The second kappa shape index (κ2) is 8.17. The second-order valence-electron chi connectivity index (χ2n) is 6.53. The van der Waals surface area contributed by atoms with Crippen LogP contribution in [0.3, 0.4) is 0 Å². The molecule has 156 valence electrons. The standard InChI is InChI=1S/C20H17F4N5O/c21-15-2-3-16(17(22)9-15)19(30,11-29(26)12-25)20(23,24)18-4-1-14(10-28-18)13-5-7-27-8-6-13/h1-10,12,25,30H,11,26H2. The fourth-order valence-corrected chi connectivity index (χ4v) is 2.99. The van der Waals surface area contributed by atoms with E-state index in [-0.39, 0.29) is 0 Å². The van der Waals surface area contributed by atoms with Crippen LogP contribution in [-0.4, -0.2) is 33.0 Å². The summed E-state index contributed by atoms with van der Waals surface area (Å²) in [6.45, 7) is -1.06. The van der Waals surface area contributed by atoms with E-state index in [0.717, 1.165) is 12.1 Å². The van der Waals surface area contributed by atoms with E-state index in [2.05, 4.69) is 9.97 Å². The number of aliphatic hydroxyl groups is 1. The summed E-state index contributed by atoms with van der Waals surface area (Å²) < 4.78 is 58.6. The van der Waals surface area contributed by atoms with E-state index < -0.39 is 41.0 Å². The summed E-state index contributed by atoms with van der Waals surface area (Å²) in [6.07, 6.45) is 4.72. The van der Waals surface area contributed by atoms with Crippen molar-refractivity contribution in [3.05, 3.63) is 83.9 Å². The number of rotatable bonds is 7. The largest absolute Gasteiger partial charge is 0.377 e. The second-order valence-corrected chi connectivity index (χ2v) is 6.53. The van der Waals surface area contributed by atoms with Gasteiger partial charge in [-0.1, -0.05) is 6.07 Å². The normalized spacial score (nSPS) is 13.5. The number of benzene rings is 1. The molecule has 2 aromatic heterocycles. The highest BCUT2D eigenvalue weighted by molar-refractivity contribution is 5.61. The molecule has 3 rings (SSSR count). The van der Waals surface area contributed by atoms with Crippen molar-refractivity contribution < 1.29 is 22.7 Å². The molecule has 0 aliphatic carbocycles. The van der Waals surface area contributed by atoms with E-state index in [1.807, 2.05) is 0 Å². The van der Waals surface area contributed by atoms with Crippen molar-refractivity contribution in [2.45, 2.75) is 11.5 Å². The molecule has 0 aliphatic rings. The summed E-state index contributed by atoms with van der Waals surface area (Å²) in [5.41, 5.74) is -3.78. The molecule has 0 bridgehead atoms. The Labute approximate surface area is 169 Å². The third kappa shape index (κ3) is 3.87. The number of nitrogens with two attached hydrogens (primary N) is 1. The number of hydrogen-bond donors (Lipinski definition) is 3. The lowest BCUT2D eigenvalue weighted by molar-refractivity contribution is -0.203. The zero-order valence-corrected chi connectivity index (χ0v) is 15.4. The molecule has 1 unspecified atom stereocenters. The maximum atomic E-state index is 15.5. The highest BCUT2D eigenvalue weighted by Gasteiger charge is 2.58. The van der Waals surface area contributed by atoms with Gasteiger partial charge < -0.3 is 5.11 Å². The smallest absolute Gasteiger partial charge is 0.323 e. The molecule has 2 heterocycles. The number of nitrogens with zero attached hydrogens (tertiary/aromatic N) is 3. The molecule has 0 aliphatic heterocycles. The molecule has 0 saturated carbocycles. The van der Waals surface area contributed by atoms with Crippen LogP contribution in [0.1, 0.15) is 11.3 Å². The Morgan fingerprint density at radius 1 is 1.07 bits per heavy atom. The van der Waals surface area contributed by atoms with Gasteiger partial charge in [-0.3, -0.25) is 20.4 Å². The summed E-state index contributed by atoms with van der Waals surface area (Å²) in [5, 5.41) is 18.5. The van der Waals surface area contributed by atoms with Crippen LogP contribution in [0.15, 0.2) is 61.1 Å². The summed E-state index contributed by atoms with van der Waals surface area (Å²) in [4.78, 5) is 7.63. The van der Waals surface area contributed by atoms with Gasteiger partial charge in [0.25, 0.3) is 0 Å². The van der Waals surface area contributed by atoms with E-state index in [1.54, 1.807) is 12.1 Å². The number of nitrogens with one attached hydrogen (secondary N) is 1. The Morgan fingerprint density at radius 2 is 1.77 bits per heavy atom. The van der Waals surface area contributed by atoms with Crippen molar-refractivity contribution in [1.29, 1.82) is 5.41 Å². The molecule has 30 heavy (non-hydrogen) atoms. The molecule has 0 saturated heterocycles. The first kappa shape index (κ1) is 21.3. The lowest BCUT2D eigenvalue weighted by Crippen LogP contribution is -2.53. The minimum absolute atomic E-state index is 0.377. The quantitative estimate of drug-likeness (QED) is 0.180. The van der Waals surface area contributed by atoms with Crippen molar-refractivity contribution in [2.24, 2.45) is 5.84 Å². The Hall–Kier alpha value is -3.37. The zero-order chi connectivity index (χ0) is 21.9. The van der Waals surface area contributed by atoms with Crippen LogP contribution in [0.2, 0.25) is 0 Å². The summed E-state index contributed by atoms with van der Waals surface area (Å²) >= 11 is 0. The highest BCUT2D eigenvalue weighted by atomic mass is 19.3. The molecular formula is C20H17F4N5O. The van der Waals surface area contributed by atoms with Gasteiger partial charge in [-0.15, -0.1) is 0 Å². The highest BCUT2D eigenvalue weighted by Crippen LogP contribution is 2.46. The fraction of sp³-hybridized carbons (Fsp3) is 0.150. The van der Waals surface area contributed by atoms with Gasteiger partial charge >= 0.3 is 5.92 Å². The SMILES string of the molecule is N=CN(N)CC(O)(c1ccc(F)cc1F)C(F)(F)c1ccc(-c2ccncc2)cn1. The molecule has 0 fully saturated rings. The number of aromatic nitrogens is 2. The van der Waals surface area contributed by atoms with Gasteiger partial charge in [0.1, 0.15) is 17.3 Å². The molecular weight excluding hydrogens is 402 g/mol. The molecule has 10 heteroatoms. The van der Waals surface area contributed by atoms with Gasteiger partial charge in [-0.2, -0.15) is 8.78 Å². The molecule has 4 N–H and O–H groups in total. The number of halogens is 4. The van der Waals surface area contributed by atoms with E-state index in [4.69, 9.17) is 11.3 Å². The van der Waals surface area contributed by atoms with Crippen LogP contribution in [0.5, 0.6) is 0 Å². The molecule has 3 aromatic rings. The topological polar surface area (TPSA) is 99.1 Å². The van der Waals surface area contributed by atoms with Crippen molar-refractivity contribution in [1.82, 2.24) is 15.0 Å². The lowest BCUT2D eigenvalue weighted by Gasteiger charge is -2.37. The van der Waals surface area contributed by atoms with Gasteiger partial charge in [0.05, 0.1) is 12.9 Å². The third-order valence-electron chi connectivity index (χ3n) is 4.57. The average molecular weight is 419 g/mol. The monoisotopic (exact) mass is 419 g/mol. The summed E-state index contributed by atoms with van der Waals surface area (Å²) in [7, 11) is 0. The Bertz CT molecular complexity index is 1030. The molecule has 0 spiro atoms. The number of hydrogen-bond acceptors (Lipinski definition) is 5. The summed E-state index contributed by atoms with van der Waals surface area (Å²) in [5.74, 6) is -1.11. The van der Waals surface area contributed by atoms with Gasteiger partial charge in [-0.05, 0) is 35.9 Å². The Balaban J connectivity index is 2.08. The van der Waals surface area contributed by atoms with Crippen LogP contribution in [0, 0.1) is 17.0 Å². The minimum Gasteiger partial charge on any atom is -0.377 e. The number of alkyl halides is 2. The molecule has 0 amide bonds. The molecule has 1 atom stereocenters. The maximum Gasteiger partial charge on any atom is 0.323 e. The predicted octanol–water partition coefficient (Wildman–Crippen LogP) is 3.18. The molecule has 6 nitrogen and oxygen atoms in total. The van der Waals surface area contributed by atoms with Crippen molar-refractivity contribution in [2.75, 3.05) is 6.54 Å². The van der Waals surface area contributed by atoms with Gasteiger partial charge in [0.15, 0.2) is 5.60 Å². The van der Waals surface area contributed by atoms with Gasteiger partial charge in [0.2, 0.25) is 0 Å². The average Bonchev–Trinajstić information content (AvgIpc) is 2.74. The van der Waals surface area contributed by atoms with E-state index in [9.17, 15) is 13.9 Å². The van der Waals surface area contributed by atoms with Crippen LogP contribution in [0.25, 0.3) is 11.1 Å². The number of hydrazine groups is 1. The van der Waals surface area contributed by atoms with Crippen molar-refractivity contribution in [3.63, 3.8) is 0 Å². The first-order valence-corrected chi connectivity index (χ1v) is 8.63. The van der Waals surface area contributed by atoms with Crippen LogP contribution in [0.4, 0.5) is 17.6 Å². The van der Waals surface area contributed by atoms with E-state index >= 15 is 8.78 Å². The van der Waals surface area contributed by atoms with Crippen molar-refractivity contribution >= 4 is 6.34 Å². The predicted molar refractivity (Wildman–Crippen MR) is 101 cm³/mol. The lowest BCUT2D eigenvalue weighted by atomic mass is 9.84. The molecule has 0 radical (unpaired) electrons. The van der Waals surface area contributed by atoms with Crippen LogP contribution < -0.4 is 5.84 Å². The minimum atomic E-state index is -4.15. The zero-order valence-electron chi connectivity index (χ0n) is 15.4. The first-order valence-electron chi connectivity index (χ1n) is 8.63. The Kier molecular flexibility index (Phi) is 5.81. The number of pyridine rings is 2. The van der Waals surface area contributed by atoms with Gasteiger partial charge in [-0.25, -0.2) is 14.6 Å². The van der Waals surface area contributed by atoms with Gasteiger partial charge in [0, 0.05) is 35.8 Å². The van der Waals surface area contributed by atoms with E-state index in [0.29, 0.717) is 34.6 Å². The Morgan fingerprint density at radius 3 is 2.33 bits per heavy atom. The molecule has 1 aromatic carbocycles. The third-order valence-corrected chi connectivity index (χ3v) is 4.57. The van der Waals surface area contributed by atoms with Crippen LogP contribution in [-0.2, 0) is 11.5 Å². The summed E-state index contributed by atoms with van der Waals surface area (Å²) in [6, 6.07) is 7.51. The fourth-order valence-electron chi connectivity index (χ4n) is 2.99. The maximum absolute atomic E-state index is 15.5. The first-order chi connectivity index (χ1) is 14.2.